The van der Waals surface area contributed by atoms with Gasteiger partial charge in [0.05, 0.1) is 29.5 Å². The zero-order valence-electron chi connectivity index (χ0n) is 23.9. The summed E-state index contributed by atoms with van der Waals surface area (Å²) < 4.78 is 35.0. The highest BCUT2D eigenvalue weighted by molar-refractivity contribution is 7.92. The molecular formula is C31H37N3O7S. The van der Waals surface area contributed by atoms with E-state index in [9.17, 15) is 28.2 Å². The summed E-state index contributed by atoms with van der Waals surface area (Å²) in [6, 6.07) is 19.3. The summed E-state index contributed by atoms with van der Waals surface area (Å²) in [5, 5.41) is 19.1. The Balaban J connectivity index is 1.60. The number of carbonyl (C=O) groups is 2. The number of ether oxygens (including phenoxy) is 1. The minimum Gasteiger partial charge on any atom is -0.488 e. The fraction of sp³-hybridized carbons (Fsp3) is 0.355. The van der Waals surface area contributed by atoms with Crippen molar-refractivity contribution < 1.29 is 33.0 Å². The first-order valence-corrected chi connectivity index (χ1v) is 15.2. The zero-order valence-corrected chi connectivity index (χ0v) is 24.8. The lowest BCUT2D eigenvalue weighted by molar-refractivity contribution is -0.134. The monoisotopic (exact) mass is 595 g/mol. The first-order valence-electron chi connectivity index (χ1n) is 13.8. The van der Waals surface area contributed by atoms with E-state index in [0.29, 0.717) is 36.6 Å². The van der Waals surface area contributed by atoms with Crippen LogP contribution in [0.5, 0.6) is 5.75 Å². The van der Waals surface area contributed by atoms with Crippen LogP contribution in [0.2, 0.25) is 0 Å². The molecule has 3 N–H and O–H groups in total. The third-order valence-electron chi connectivity index (χ3n) is 7.37. The Hall–Kier alpha value is -3.93. The number of carbonyl (C=O) groups excluding carboxylic acids is 1. The molecule has 10 nitrogen and oxygen atoms in total. The van der Waals surface area contributed by atoms with Gasteiger partial charge in [0.25, 0.3) is 10.0 Å². The lowest BCUT2D eigenvalue weighted by Crippen LogP contribution is -2.47. The maximum Gasteiger partial charge on any atom is 0.335 e. The van der Waals surface area contributed by atoms with Gasteiger partial charge in [-0.05, 0) is 62.0 Å². The van der Waals surface area contributed by atoms with Crippen molar-refractivity contribution in [1.29, 1.82) is 0 Å². The average molecular weight is 596 g/mol. The third-order valence-corrected chi connectivity index (χ3v) is 8.76. The second-order valence-electron chi connectivity index (χ2n) is 10.8. The van der Waals surface area contributed by atoms with Crippen LogP contribution >= 0.6 is 0 Å². The van der Waals surface area contributed by atoms with Crippen molar-refractivity contribution in [2.45, 2.75) is 43.9 Å². The van der Waals surface area contributed by atoms with Gasteiger partial charge in [0, 0.05) is 36.8 Å². The van der Waals surface area contributed by atoms with Crippen molar-refractivity contribution >= 4 is 27.6 Å². The van der Waals surface area contributed by atoms with E-state index in [1.165, 1.54) is 12.1 Å². The SMILES string of the molecule is C[C@@H]1CN([C@H](C)CO)C(=O)Cc2cc(NS(=O)(=O)c3ccccc3)ccc2O[C@@H]1CN(C)Cc1ccc(C(=O)O)cc1. The predicted molar refractivity (Wildman–Crippen MR) is 159 cm³/mol. The number of amides is 1. The quantitative estimate of drug-likeness (QED) is 0.324. The van der Waals surface area contributed by atoms with E-state index < -0.39 is 22.0 Å². The van der Waals surface area contributed by atoms with Crippen LogP contribution in [-0.4, -0.2) is 79.2 Å². The number of aliphatic hydroxyl groups excluding tert-OH is 1. The van der Waals surface area contributed by atoms with Gasteiger partial charge in [0.1, 0.15) is 11.9 Å². The summed E-state index contributed by atoms with van der Waals surface area (Å²) in [7, 11) is -1.90. The minimum absolute atomic E-state index is 0.0220. The van der Waals surface area contributed by atoms with Gasteiger partial charge in [-0.15, -0.1) is 0 Å². The van der Waals surface area contributed by atoms with E-state index in [1.54, 1.807) is 72.5 Å². The first kappa shape index (κ1) is 31.0. The molecule has 1 heterocycles. The van der Waals surface area contributed by atoms with Gasteiger partial charge < -0.3 is 19.8 Å². The molecule has 0 radical (unpaired) electrons. The molecule has 3 aromatic rings. The van der Waals surface area contributed by atoms with Crippen LogP contribution < -0.4 is 9.46 Å². The van der Waals surface area contributed by atoms with Crippen molar-refractivity contribution in [2.24, 2.45) is 5.92 Å². The molecule has 0 unspecified atom stereocenters. The van der Waals surface area contributed by atoms with Gasteiger partial charge in [-0.1, -0.05) is 37.3 Å². The standard InChI is InChI=1S/C31H37N3O7S/c1-21-17-34(22(2)20-35)30(36)16-25-15-26(32-42(39,40)27-7-5-4-6-8-27)13-14-28(25)41-29(21)19-33(3)18-23-9-11-24(12-10-23)31(37)38/h4-15,21-22,29,32,35H,16-20H2,1-3H3,(H,37,38)/t21-,22-,29-/m1/s1. The van der Waals surface area contributed by atoms with Crippen LogP contribution in [0, 0.1) is 5.92 Å². The van der Waals surface area contributed by atoms with E-state index in [4.69, 9.17) is 4.74 Å². The number of carboxylic acids is 1. The highest BCUT2D eigenvalue weighted by Gasteiger charge is 2.31. The number of hydrogen-bond donors (Lipinski definition) is 3. The topological polar surface area (TPSA) is 136 Å². The molecule has 1 aliphatic rings. The number of fused-ring (bicyclic) bond motifs is 1. The van der Waals surface area contributed by atoms with Crippen LogP contribution in [0.15, 0.2) is 77.7 Å². The summed E-state index contributed by atoms with van der Waals surface area (Å²) in [6.07, 6.45) is -0.371. The molecule has 3 atom stereocenters. The largest absolute Gasteiger partial charge is 0.488 e. The summed E-state index contributed by atoms with van der Waals surface area (Å²) in [5.41, 5.74) is 2.01. The van der Waals surface area contributed by atoms with Crippen LogP contribution in [0.3, 0.4) is 0 Å². The molecule has 0 aromatic heterocycles. The van der Waals surface area contributed by atoms with E-state index >= 15 is 0 Å². The minimum atomic E-state index is -3.84. The second kappa shape index (κ2) is 13.4. The van der Waals surface area contributed by atoms with E-state index in [-0.39, 0.29) is 41.4 Å². The van der Waals surface area contributed by atoms with Gasteiger partial charge >= 0.3 is 5.97 Å². The normalized spacial score (nSPS) is 18.3. The van der Waals surface area contributed by atoms with Gasteiger partial charge in [-0.25, -0.2) is 13.2 Å². The number of benzene rings is 3. The maximum atomic E-state index is 13.5. The fourth-order valence-corrected chi connectivity index (χ4v) is 6.03. The van der Waals surface area contributed by atoms with E-state index in [2.05, 4.69) is 9.62 Å². The average Bonchev–Trinajstić information content (AvgIpc) is 3.00. The van der Waals surface area contributed by atoms with Gasteiger partial charge in [-0.3, -0.25) is 14.4 Å². The highest BCUT2D eigenvalue weighted by Crippen LogP contribution is 2.30. The molecule has 1 amide bonds. The number of aliphatic hydroxyl groups is 1. The van der Waals surface area contributed by atoms with Gasteiger partial charge in [0.2, 0.25) is 5.91 Å². The van der Waals surface area contributed by atoms with Gasteiger partial charge in [-0.2, -0.15) is 0 Å². The fourth-order valence-electron chi connectivity index (χ4n) is 4.96. The molecular weight excluding hydrogens is 558 g/mol. The molecule has 3 aromatic carbocycles. The molecule has 0 bridgehead atoms. The number of aromatic carboxylic acids is 1. The van der Waals surface area contributed by atoms with Crippen molar-refractivity contribution in [1.82, 2.24) is 9.80 Å². The molecule has 0 saturated carbocycles. The lowest BCUT2D eigenvalue weighted by atomic mass is 10.0. The number of nitrogens with one attached hydrogen (secondary N) is 1. The third kappa shape index (κ3) is 7.67. The zero-order chi connectivity index (χ0) is 30.4. The first-order chi connectivity index (χ1) is 20.0. The molecule has 0 fully saturated rings. The number of rotatable bonds is 10. The molecule has 0 aliphatic carbocycles. The molecule has 0 spiro atoms. The van der Waals surface area contributed by atoms with Crippen molar-refractivity contribution in [2.75, 3.05) is 31.5 Å². The highest BCUT2D eigenvalue weighted by atomic mass is 32.2. The number of sulfonamides is 1. The number of likely N-dealkylation sites (N-methyl/N-ethyl adjacent to an activating group) is 1. The Morgan fingerprint density at radius 2 is 1.81 bits per heavy atom. The van der Waals surface area contributed by atoms with E-state index in [0.717, 1.165) is 5.56 Å². The maximum absolute atomic E-state index is 13.5. The van der Waals surface area contributed by atoms with Crippen molar-refractivity contribution in [3.05, 3.63) is 89.5 Å². The number of carboxylic acid groups (broad SMARTS) is 1. The Morgan fingerprint density at radius 1 is 1.12 bits per heavy atom. The number of nitrogens with zero attached hydrogens (tertiary/aromatic N) is 2. The Morgan fingerprint density at radius 3 is 2.45 bits per heavy atom. The van der Waals surface area contributed by atoms with Gasteiger partial charge in [0.15, 0.2) is 0 Å². The van der Waals surface area contributed by atoms with Crippen LogP contribution in [0.4, 0.5) is 5.69 Å². The summed E-state index contributed by atoms with van der Waals surface area (Å²) in [4.78, 5) is 28.5. The number of anilines is 1. The summed E-state index contributed by atoms with van der Waals surface area (Å²) >= 11 is 0. The predicted octanol–water partition coefficient (Wildman–Crippen LogP) is 3.47. The van der Waals surface area contributed by atoms with Crippen molar-refractivity contribution in [3.8, 4) is 5.75 Å². The second-order valence-corrected chi connectivity index (χ2v) is 12.5. The number of hydrogen-bond acceptors (Lipinski definition) is 7. The van der Waals surface area contributed by atoms with Crippen molar-refractivity contribution in [3.63, 3.8) is 0 Å². The van der Waals surface area contributed by atoms with Crippen LogP contribution in [-0.2, 0) is 27.8 Å². The summed E-state index contributed by atoms with van der Waals surface area (Å²) in [5.74, 6) is -0.792. The smallest absolute Gasteiger partial charge is 0.335 e. The van der Waals surface area contributed by atoms with E-state index in [1.807, 2.05) is 14.0 Å². The molecule has 42 heavy (non-hydrogen) atoms. The summed E-state index contributed by atoms with van der Waals surface area (Å²) in [6.45, 7) is 5.01. The Bertz CT molecular complexity index is 1500. The lowest BCUT2D eigenvalue weighted by Gasteiger charge is -2.34. The molecule has 224 valence electrons. The molecule has 4 rings (SSSR count). The Kier molecular flexibility index (Phi) is 9.87. The molecule has 1 aliphatic heterocycles. The Labute approximate surface area is 246 Å². The molecule has 0 saturated heterocycles. The van der Waals surface area contributed by atoms with Crippen LogP contribution in [0.25, 0.3) is 0 Å². The van der Waals surface area contributed by atoms with Crippen LogP contribution in [0.1, 0.15) is 35.3 Å². The molecule has 11 heteroatoms.